The summed E-state index contributed by atoms with van der Waals surface area (Å²) in [5.41, 5.74) is 0.697. The van der Waals surface area contributed by atoms with Gasteiger partial charge in [0, 0.05) is 5.02 Å². The first-order chi connectivity index (χ1) is 9.07. The number of hydrogen-bond acceptors (Lipinski definition) is 2. The first-order valence-corrected chi connectivity index (χ1v) is 7.26. The van der Waals surface area contributed by atoms with Crippen LogP contribution < -0.4 is 10.6 Å². The van der Waals surface area contributed by atoms with Crippen molar-refractivity contribution in [1.82, 2.24) is 10.6 Å². The fraction of sp³-hybridized carbons (Fsp3) is 0.533. The molecule has 1 amide bonds. The molecule has 2 N–H and O–H groups in total. The molecule has 1 aliphatic rings. The van der Waals surface area contributed by atoms with Gasteiger partial charge in [0.15, 0.2) is 0 Å². The minimum atomic E-state index is -0.374. The van der Waals surface area contributed by atoms with Crippen LogP contribution in [0.3, 0.4) is 0 Å². The lowest BCUT2D eigenvalue weighted by Crippen LogP contribution is -2.53. The maximum atomic E-state index is 12.4. The van der Waals surface area contributed by atoms with Crippen LogP contribution in [-0.4, -0.2) is 18.0 Å². The summed E-state index contributed by atoms with van der Waals surface area (Å²) < 4.78 is 0. The summed E-state index contributed by atoms with van der Waals surface area (Å²) in [6.45, 7) is 4.99. The Morgan fingerprint density at radius 3 is 2.68 bits per heavy atom. The van der Waals surface area contributed by atoms with Gasteiger partial charge in [0.2, 0.25) is 5.91 Å². The standard InChI is InChI=1S/C15H21ClN2O/c1-3-15(9-4-10-17-15)14(19)18-11(2)12-5-7-13(16)8-6-12/h5-8,11,17H,3-4,9-10H2,1-2H3,(H,18,19)/t11-,15?/m1/s1. The lowest BCUT2D eigenvalue weighted by Gasteiger charge is -2.28. The van der Waals surface area contributed by atoms with Gasteiger partial charge < -0.3 is 10.6 Å². The molecule has 3 nitrogen and oxygen atoms in total. The van der Waals surface area contributed by atoms with E-state index in [-0.39, 0.29) is 17.5 Å². The molecule has 2 atom stereocenters. The van der Waals surface area contributed by atoms with Gasteiger partial charge in [0.25, 0.3) is 0 Å². The van der Waals surface area contributed by atoms with Crippen molar-refractivity contribution in [3.05, 3.63) is 34.9 Å². The van der Waals surface area contributed by atoms with E-state index in [4.69, 9.17) is 11.6 Å². The average Bonchev–Trinajstić information content (AvgIpc) is 2.89. The summed E-state index contributed by atoms with van der Waals surface area (Å²) in [4.78, 5) is 12.4. The van der Waals surface area contributed by atoms with Gasteiger partial charge >= 0.3 is 0 Å². The van der Waals surface area contributed by atoms with Crippen molar-refractivity contribution >= 4 is 17.5 Å². The molecule has 4 heteroatoms. The van der Waals surface area contributed by atoms with E-state index >= 15 is 0 Å². The minimum absolute atomic E-state index is 0.00408. The Labute approximate surface area is 119 Å². The highest BCUT2D eigenvalue weighted by atomic mass is 35.5. The first-order valence-electron chi connectivity index (χ1n) is 6.89. The highest BCUT2D eigenvalue weighted by molar-refractivity contribution is 6.30. The minimum Gasteiger partial charge on any atom is -0.348 e. The number of carbonyl (C=O) groups excluding carboxylic acids is 1. The third-order valence-corrected chi connectivity index (χ3v) is 4.25. The predicted molar refractivity (Wildman–Crippen MR) is 78.3 cm³/mol. The van der Waals surface area contributed by atoms with Crippen molar-refractivity contribution in [3.63, 3.8) is 0 Å². The smallest absolute Gasteiger partial charge is 0.240 e. The van der Waals surface area contributed by atoms with Crippen molar-refractivity contribution in [2.45, 2.75) is 44.7 Å². The van der Waals surface area contributed by atoms with Gasteiger partial charge in [-0.3, -0.25) is 4.79 Å². The number of halogens is 1. The average molecular weight is 281 g/mol. The number of rotatable bonds is 4. The Morgan fingerprint density at radius 2 is 2.16 bits per heavy atom. The van der Waals surface area contributed by atoms with Crippen molar-refractivity contribution in [3.8, 4) is 0 Å². The molecule has 1 aromatic carbocycles. The number of nitrogens with one attached hydrogen (secondary N) is 2. The lowest BCUT2D eigenvalue weighted by molar-refractivity contribution is -0.128. The summed E-state index contributed by atoms with van der Waals surface area (Å²) >= 11 is 5.87. The summed E-state index contributed by atoms with van der Waals surface area (Å²) in [6.07, 6.45) is 2.81. The van der Waals surface area contributed by atoms with E-state index in [1.54, 1.807) is 0 Å². The van der Waals surface area contributed by atoms with Gasteiger partial charge in [-0.2, -0.15) is 0 Å². The second-order valence-corrected chi connectivity index (χ2v) is 5.65. The lowest BCUT2D eigenvalue weighted by atomic mass is 9.92. The van der Waals surface area contributed by atoms with Crippen molar-refractivity contribution in [1.29, 1.82) is 0 Å². The summed E-state index contributed by atoms with van der Waals surface area (Å²) in [7, 11) is 0. The Balaban J connectivity index is 2.04. The zero-order valence-electron chi connectivity index (χ0n) is 11.5. The molecule has 0 spiro atoms. The fourth-order valence-corrected chi connectivity index (χ4v) is 2.76. The molecule has 1 fully saturated rings. The molecule has 0 saturated carbocycles. The number of carbonyl (C=O) groups is 1. The molecular formula is C15H21ClN2O. The normalized spacial score (nSPS) is 24.2. The van der Waals surface area contributed by atoms with Gasteiger partial charge in [-0.15, -0.1) is 0 Å². The van der Waals surface area contributed by atoms with E-state index in [2.05, 4.69) is 17.6 Å². The second kappa shape index (κ2) is 5.93. The van der Waals surface area contributed by atoms with Gasteiger partial charge in [0.1, 0.15) is 0 Å². The first kappa shape index (κ1) is 14.4. The van der Waals surface area contributed by atoms with Crippen LogP contribution in [0.15, 0.2) is 24.3 Å². The van der Waals surface area contributed by atoms with Crippen LogP contribution in [0.5, 0.6) is 0 Å². The van der Waals surface area contributed by atoms with Crippen molar-refractivity contribution in [2.24, 2.45) is 0 Å². The highest BCUT2D eigenvalue weighted by Gasteiger charge is 2.39. The molecule has 1 heterocycles. The topological polar surface area (TPSA) is 41.1 Å². The van der Waals surface area contributed by atoms with E-state index in [0.717, 1.165) is 31.4 Å². The molecule has 0 aromatic heterocycles. The summed E-state index contributed by atoms with van der Waals surface area (Å²) in [5, 5.41) is 7.17. The maximum absolute atomic E-state index is 12.4. The van der Waals surface area contributed by atoms with E-state index in [9.17, 15) is 4.79 Å². The molecule has 0 radical (unpaired) electrons. The van der Waals surface area contributed by atoms with Gasteiger partial charge in [-0.25, -0.2) is 0 Å². The quantitative estimate of drug-likeness (QED) is 0.890. The molecule has 2 rings (SSSR count). The summed E-state index contributed by atoms with van der Waals surface area (Å²) in [5.74, 6) is 0.106. The Kier molecular flexibility index (Phi) is 4.48. The number of hydrogen-bond donors (Lipinski definition) is 2. The van der Waals surface area contributed by atoms with Crippen LogP contribution in [0.25, 0.3) is 0 Å². The molecule has 0 bridgehead atoms. The molecule has 1 unspecified atom stereocenters. The van der Waals surface area contributed by atoms with Gasteiger partial charge in [-0.1, -0.05) is 30.7 Å². The van der Waals surface area contributed by atoms with Crippen LogP contribution >= 0.6 is 11.6 Å². The number of benzene rings is 1. The van der Waals surface area contributed by atoms with Gasteiger partial charge in [-0.05, 0) is 50.4 Å². The van der Waals surface area contributed by atoms with Crippen LogP contribution in [0.1, 0.15) is 44.7 Å². The van der Waals surface area contributed by atoms with Crippen molar-refractivity contribution < 1.29 is 4.79 Å². The van der Waals surface area contributed by atoms with Crippen LogP contribution in [0, 0.1) is 0 Å². The van der Waals surface area contributed by atoms with E-state index < -0.39 is 0 Å². The Morgan fingerprint density at radius 1 is 1.47 bits per heavy atom. The molecule has 0 aliphatic carbocycles. The molecule has 1 aromatic rings. The fourth-order valence-electron chi connectivity index (χ4n) is 2.63. The number of amides is 1. The Bertz CT molecular complexity index is 438. The molecule has 1 aliphatic heterocycles. The van der Waals surface area contributed by atoms with Crippen LogP contribution in [-0.2, 0) is 4.79 Å². The maximum Gasteiger partial charge on any atom is 0.240 e. The van der Waals surface area contributed by atoms with E-state index in [1.165, 1.54) is 0 Å². The zero-order valence-corrected chi connectivity index (χ0v) is 12.3. The third kappa shape index (κ3) is 3.10. The SMILES string of the molecule is CCC1(C(=O)N[C@H](C)c2ccc(Cl)cc2)CCCN1. The zero-order chi connectivity index (χ0) is 13.9. The van der Waals surface area contributed by atoms with E-state index in [1.807, 2.05) is 31.2 Å². The second-order valence-electron chi connectivity index (χ2n) is 5.21. The molecule has 104 valence electrons. The van der Waals surface area contributed by atoms with Crippen molar-refractivity contribution in [2.75, 3.05) is 6.54 Å². The molecular weight excluding hydrogens is 260 g/mol. The third-order valence-electron chi connectivity index (χ3n) is 4.00. The van der Waals surface area contributed by atoms with Gasteiger partial charge in [0.05, 0.1) is 11.6 Å². The molecule has 1 saturated heterocycles. The highest BCUT2D eigenvalue weighted by Crippen LogP contribution is 2.25. The predicted octanol–water partition coefficient (Wildman–Crippen LogP) is 3.05. The van der Waals surface area contributed by atoms with E-state index in [0.29, 0.717) is 5.02 Å². The van der Waals surface area contributed by atoms with Crippen LogP contribution in [0.2, 0.25) is 5.02 Å². The van der Waals surface area contributed by atoms with Crippen LogP contribution in [0.4, 0.5) is 0 Å². The molecule has 19 heavy (non-hydrogen) atoms. The Hall–Kier alpha value is -1.06. The monoisotopic (exact) mass is 280 g/mol. The largest absolute Gasteiger partial charge is 0.348 e. The summed E-state index contributed by atoms with van der Waals surface area (Å²) in [6, 6.07) is 7.60.